The second kappa shape index (κ2) is 13.7. The van der Waals surface area contributed by atoms with Gasteiger partial charge in [-0.25, -0.2) is 9.97 Å². The molecule has 9 heteroatoms. The number of esters is 1. The van der Waals surface area contributed by atoms with Gasteiger partial charge in [0.25, 0.3) is 5.91 Å². The number of benzene rings is 1. The van der Waals surface area contributed by atoms with Crippen molar-refractivity contribution in [3.8, 4) is 0 Å². The summed E-state index contributed by atoms with van der Waals surface area (Å²) >= 11 is 7.81. The van der Waals surface area contributed by atoms with Gasteiger partial charge in [-0.3, -0.25) is 9.59 Å². The Balaban J connectivity index is 1.67. The molecule has 7 nitrogen and oxygen atoms in total. The van der Waals surface area contributed by atoms with Crippen molar-refractivity contribution in [2.24, 2.45) is 5.92 Å². The zero-order chi connectivity index (χ0) is 25.2. The van der Waals surface area contributed by atoms with E-state index in [1.807, 2.05) is 30.3 Å². The fourth-order valence-corrected chi connectivity index (χ4v) is 5.26. The van der Waals surface area contributed by atoms with Gasteiger partial charge in [-0.15, -0.1) is 0 Å². The number of carbonyl (C=O) groups is 2. The molecule has 1 aromatic carbocycles. The first-order chi connectivity index (χ1) is 16.9. The van der Waals surface area contributed by atoms with Gasteiger partial charge in [0, 0.05) is 43.6 Å². The van der Waals surface area contributed by atoms with E-state index in [2.05, 4.69) is 23.7 Å². The fourth-order valence-electron chi connectivity index (χ4n) is 4.23. The Morgan fingerprint density at radius 1 is 1.17 bits per heavy atom. The molecule has 1 amide bonds. The maximum Gasteiger partial charge on any atom is 0.310 e. The van der Waals surface area contributed by atoms with Crippen LogP contribution in [0.3, 0.4) is 0 Å². The first kappa shape index (κ1) is 27.3. The third-order valence-electron chi connectivity index (χ3n) is 5.84. The van der Waals surface area contributed by atoms with Gasteiger partial charge in [-0.1, -0.05) is 49.3 Å². The summed E-state index contributed by atoms with van der Waals surface area (Å²) in [6.07, 6.45) is 3.62. The Bertz CT molecular complexity index is 1000. The Labute approximate surface area is 217 Å². The third kappa shape index (κ3) is 7.84. The smallest absolute Gasteiger partial charge is 0.310 e. The largest absolute Gasteiger partial charge is 0.466 e. The fraction of sp³-hybridized carbons (Fsp3) is 0.538. The molecule has 0 N–H and O–H groups in total. The first-order valence-corrected chi connectivity index (χ1v) is 13.8. The standard InChI is InChI=1S/C26H35ClN4O3S/c1-4-12-30(13-5-2)23-16-22(27)28-26(29-23)35-18-19-9-7-10-20(15-19)24(32)31-14-8-11-21(17-31)25(33)34-6-3/h7,9-10,15-16,21H,4-6,8,11-14,17-18H2,1-3H3. The van der Waals surface area contributed by atoms with E-state index in [0.29, 0.717) is 41.3 Å². The van der Waals surface area contributed by atoms with Crippen LogP contribution >= 0.6 is 23.4 Å². The van der Waals surface area contributed by atoms with Crippen LogP contribution < -0.4 is 4.90 Å². The lowest BCUT2D eigenvalue weighted by atomic mass is 9.97. The molecule has 1 saturated heterocycles. The third-order valence-corrected chi connectivity index (χ3v) is 6.95. The topological polar surface area (TPSA) is 75.6 Å². The van der Waals surface area contributed by atoms with Crippen LogP contribution in [0.1, 0.15) is 62.4 Å². The summed E-state index contributed by atoms with van der Waals surface area (Å²) in [6, 6.07) is 9.44. The van der Waals surface area contributed by atoms with Crippen molar-refractivity contribution in [3.63, 3.8) is 0 Å². The van der Waals surface area contributed by atoms with E-state index in [-0.39, 0.29) is 17.8 Å². The van der Waals surface area contributed by atoms with Crippen molar-refractivity contribution in [2.45, 2.75) is 57.4 Å². The van der Waals surface area contributed by atoms with Crippen molar-refractivity contribution in [1.82, 2.24) is 14.9 Å². The number of thioether (sulfide) groups is 1. The quantitative estimate of drug-likeness (QED) is 0.169. The molecule has 0 aliphatic carbocycles. The Morgan fingerprint density at radius 2 is 1.94 bits per heavy atom. The summed E-state index contributed by atoms with van der Waals surface area (Å²) in [6.45, 7) is 9.35. The van der Waals surface area contributed by atoms with Gasteiger partial charge in [0.1, 0.15) is 11.0 Å². The molecule has 1 fully saturated rings. The number of hydrogen-bond acceptors (Lipinski definition) is 7. The van der Waals surface area contributed by atoms with Gasteiger partial charge >= 0.3 is 5.97 Å². The normalized spacial score (nSPS) is 15.7. The Morgan fingerprint density at radius 3 is 2.66 bits per heavy atom. The van der Waals surface area contributed by atoms with Crippen molar-refractivity contribution in [3.05, 3.63) is 46.6 Å². The number of anilines is 1. The zero-order valence-electron chi connectivity index (χ0n) is 20.8. The van der Waals surface area contributed by atoms with E-state index < -0.39 is 0 Å². The van der Waals surface area contributed by atoms with Crippen LogP contribution in [0, 0.1) is 5.92 Å². The molecule has 1 aromatic heterocycles. The minimum Gasteiger partial charge on any atom is -0.466 e. The van der Waals surface area contributed by atoms with Gasteiger partial charge in [0.15, 0.2) is 5.16 Å². The molecule has 1 unspecified atom stereocenters. The molecule has 0 bridgehead atoms. The average molecular weight is 519 g/mol. The molecule has 1 aliphatic heterocycles. The van der Waals surface area contributed by atoms with Gasteiger partial charge in [0.05, 0.1) is 12.5 Å². The molecule has 3 rings (SSSR count). The molecule has 0 saturated carbocycles. The lowest BCUT2D eigenvalue weighted by molar-refractivity contribution is -0.149. The van der Waals surface area contributed by atoms with Gasteiger partial charge in [0.2, 0.25) is 0 Å². The second-order valence-corrected chi connectivity index (χ2v) is 9.98. The molecular weight excluding hydrogens is 484 g/mol. The summed E-state index contributed by atoms with van der Waals surface area (Å²) in [4.78, 5) is 38.4. The summed E-state index contributed by atoms with van der Waals surface area (Å²) in [5.74, 6) is 0.949. The molecule has 2 aromatic rings. The first-order valence-electron chi connectivity index (χ1n) is 12.4. The van der Waals surface area contributed by atoms with Crippen LogP contribution in [0.4, 0.5) is 5.82 Å². The number of aromatic nitrogens is 2. The minimum atomic E-state index is -0.249. The molecule has 0 radical (unpaired) electrons. The molecule has 2 heterocycles. The summed E-state index contributed by atoms with van der Waals surface area (Å²) in [5, 5.41) is 1.05. The van der Waals surface area contributed by atoms with E-state index in [0.717, 1.165) is 50.2 Å². The van der Waals surface area contributed by atoms with Crippen molar-refractivity contribution in [2.75, 3.05) is 37.7 Å². The number of ether oxygens (including phenoxy) is 1. The highest BCUT2D eigenvalue weighted by Gasteiger charge is 2.29. The lowest BCUT2D eigenvalue weighted by Crippen LogP contribution is -2.42. The molecule has 1 aliphatic rings. The highest BCUT2D eigenvalue weighted by atomic mass is 35.5. The van der Waals surface area contributed by atoms with E-state index in [4.69, 9.17) is 21.3 Å². The number of rotatable bonds is 11. The highest BCUT2D eigenvalue weighted by molar-refractivity contribution is 7.98. The summed E-state index contributed by atoms with van der Waals surface area (Å²) in [5.41, 5.74) is 1.63. The lowest BCUT2D eigenvalue weighted by Gasteiger charge is -2.31. The monoisotopic (exact) mass is 518 g/mol. The SMILES string of the molecule is CCCN(CCC)c1cc(Cl)nc(SCc2cccc(C(=O)N3CCCC(C(=O)OCC)C3)c2)n1. The average Bonchev–Trinajstić information content (AvgIpc) is 2.87. The van der Waals surface area contributed by atoms with E-state index in [1.165, 1.54) is 11.8 Å². The van der Waals surface area contributed by atoms with E-state index >= 15 is 0 Å². The number of piperidine rings is 1. The van der Waals surface area contributed by atoms with Crippen molar-refractivity contribution >= 4 is 41.1 Å². The molecular formula is C26H35ClN4O3S. The number of carbonyl (C=O) groups excluding carboxylic acids is 2. The van der Waals surface area contributed by atoms with E-state index in [9.17, 15) is 9.59 Å². The number of amides is 1. The van der Waals surface area contributed by atoms with Gasteiger partial charge in [-0.05, 0) is 50.3 Å². The summed E-state index contributed by atoms with van der Waals surface area (Å²) in [7, 11) is 0. The molecule has 0 spiro atoms. The number of hydrogen-bond donors (Lipinski definition) is 0. The Hall–Kier alpha value is -2.32. The Kier molecular flexibility index (Phi) is 10.7. The minimum absolute atomic E-state index is 0.0538. The second-order valence-electron chi connectivity index (χ2n) is 8.65. The maximum absolute atomic E-state index is 13.2. The van der Waals surface area contributed by atoms with Crippen LogP contribution in [0.25, 0.3) is 0 Å². The molecule has 1 atom stereocenters. The van der Waals surface area contributed by atoms with Crippen LogP contribution in [0.2, 0.25) is 5.15 Å². The van der Waals surface area contributed by atoms with Crippen molar-refractivity contribution < 1.29 is 14.3 Å². The number of halogens is 1. The number of likely N-dealkylation sites (tertiary alicyclic amines) is 1. The van der Waals surface area contributed by atoms with Crippen LogP contribution in [-0.4, -0.2) is 59.5 Å². The van der Waals surface area contributed by atoms with Crippen LogP contribution in [0.5, 0.6) is 0 Å². The highest BCUT2D eigenvalue weighted by Crippen LogP contribution is 2.26. The zero-order valence-corrected chi connectivity index (χ0v) is 22.4. The predicted octanol–water partition coefficient (Wildman–Crippen LogP) is 5.46. The predicted molar refractivity (Wildman–Crippen MR) is 141 cm³/mol. The van der Waals surface area contributed by atoms with Crippen LogP contribution in [-0.2, 0) is 15.3 Å². The summed E-state index contributed by atoms with van der Waals surface area (Å²) < 4.78 is 5.16. The van der Waals surface area contributed by atoms with Crippen molar-refractivity contribution in [1.29, 1.82) is 0 Å². The van der Waals surface area contributed by atoms with E-state index in [1.54, 1.807) is 11.8 Å². The number of nitrogens with zero attached hydrogens (tertiary/aromatic N) is 4. The molecule has 190 valence electrons. The maximum atomic E-state index is 13.2. The van der Waals surface area contributed by atoms with Crippen LogP contribution in [0.15, 0.2) is 35.5 Å². The van der Waals surface area contributed by atoms with Gasteiger partial charge < -0.3 is 14.5 Å². The molecule has 35 heavy (non-hydrogen) atoms. The van der Waals surface area contributed by atoms with Gasteiger partial charge in [-0.2, -0.15) is 0 Å².